The van der Waals surface area contributed by atoms with Crippen molar-refractivity contribution in [1.82, 2.24) is 0 Å². The third kappa shape index (κ3) is 6.12. The summed E-state index contributed by atoms with van der Waals surface area (Å²) in [5, 5.41) is 2.37. The molecule has 3 rings (SSSR count). The van der Waals surface area contributed by atoms with Gasteiger partial charge in [-0.3, -0.25) is 9.59 Å². The maximum absolute atomic E-state index is 13.2. The Balaban J connectivity index is 1.79. The van der Waals surface area contributed by atoms with Crippen LogP contribution in [0.1, 0.15) is 24.2 Å². The summed E-state index contributed by atoms with van der Waals surface area (Å²) < 4.78 is 11.0. The van der Waals surface area contributed by atoms with Gasteiger partial charge in [-0.05, 0) is 43.7 Å². The summed E-state index contributed by atoms with van der Waals surface area (Å²) in [6, 6.07) is 24.1. The highest BCUT2D eigenvalue weighted by atomic mass is 32.2. The third-order valence-electron chi connectivity index (χ3n) is 4.58. The number of anilines is 1. The Morgan fingerprint density at radius 1 is 0.935 bits per heavy atom. The van der Waals surface area contributed by atoms with Crippen molar-refractivity contribution < 1.29 is 19.1 Å². The van der Waals surface area contributed by atoms with E-state index in [4.69, 9.17) is 9.47 Å². The standard InChI is InChI=1S/C25H25NO4S/c1-17-14-15-22(29-3)21(16-17)26-24(27)23(19-10-6-4-7-11-19)30-25(28)18(2)31-20-12-8-5-9-13-20/h4-16,18,23H,1-3H3,(H,26,27). The Hall–Kier alpha value is -3.25. The summed E-state index contributed by atoms with van der Waals surface area (Å²) in [7, 11) is 1.54. The summed E-state index contributed by atoms with van der Waals surface area (Å²) in [4.78, 5) is 26.9. The second-order valence-electron chi connectivity index (χ2n) is 6.99. The number of benzene rings is 3. The molecule has 3 aromatic rings. The number of hydrogen-bond acceptors (Lipinski definition) is 5. The van der Waals surface area contributed by atoms with E-state index in [1.54, 1.807) is 37.3 Å². The first kappa shape index (κ1) is 22.4. The summed E-state index contributed by atoms with van der Waals surface area (Å²) in [5.74, 6) is -0.375. The number of carbonyl (C=O) groups is 2. The second kappa shape index (κ2) is 10.7. The minimum Gasteiger partial charge on any atom is -0.495 e. The fraction of sp³-hybridized carbons (Fsp3) is 0.200. The Morgan fingerprint density at radius 2 is 1.58 bits per heavy atom. The molecule has 0 radical (unpaired) electrons. The van der Waals surface area contributed by atoms with Gasteiger partial charge in [0.15, 0.2) is 0 Å². The van der Waals surface area contributed by atoms with Crippen molar-refractivity contribution in [3.63, 3.8) is 0 Å². The van der Waals surface area contributed by atoms with Crippen LogP contribution in [-0.2, 0) is 14.3 Å². The lowest BCUT2D eigenvalue weighted by Gasteiger charge is -2.21. The molecule has 160 valence electrons. The molecular weight excluding hydrogens is 410 g/mol. The molecule has 31 heavy (non-hydrogen) atoms. The van der Waals surface area contributed by atoms with Crippen LogP contribution in [0.2, 0.25) is 0 Å². The minimum atomic E-state index is -1.09. The Kier molecular flexibility index (Phi) is 7.73. The highest BCUT2D eigenvalue weighted by molar-refractivity contribution is 8.00. The lowest BCUT2D eigenvalue weighted by Crippen LogP contribution is -2.29. The molecule has 0 saturated carbocycles. The third-order valence-corrected chi connectivity index (χ3v) is 5.67. The first-order valence-electron chi connectivity index (χ1n) is 9.90. The Morgan fingerprint density at radius 3 is 2.23 bits per heavy atom. The number of ether oxygens (including phenoxy) is 2. The van der Waals surface area contributed by atoms with Gasteiger partial charge in [0.05, 0.1) is 12.8 Å². The molecule has 0 fully saturated rings. The van der Waals surface area contributed by atoms with Crippen LogP contribution in [0, 0.1) is 6.92 Å². The van der Waals surface area contributed by atoms with Crippen LogP contribution in [-0.4, -0.2) is 24.2 Å². The molecule has 5 nitrogen and oxygen atoms in total. The maximum Gasteiger partial charge on any atom is 0.320 e. The lowest BCUT2D eigenvalue weighted by molar-refractivity contribution is -0.153. The van der Waals surface area contributed by atoms with E-state index in [9.17, 15) is 9.59 Å². The molecule has 2 atom stereocenters. The number of nitrogens with one attached hydrogen (secondary N) is 1. The molecule has 1 amide bonds. The number of methoxy groups -OCH3 is 1. The highest BCUT2D eigenvalue weighted by Gasteiger charge is 2.28. The monoisotopic (exact) mass is 435 g/mol. The predicted octanol–water partition coefficient (Wildman–Crippen LogP) is 5.41. The number of carbonyl (C=O) groups excluding carboxylic acids is 2. The minimum absolute atomic E-state index is 0.444. The van der Waals surface area contributed by atoms with Gasteiger partial charge in [-0.1, -0.05) is 54.6 Å². The van der Waals surface area contributed by atoms with Gasteiger partial charge in [0.25, 0.3) is 5.91 Å². The number of hydrogen-bond donors (Lipinski definition) is 1. The van der Waals surface area contributed by atoms with Gasteiger partial charge in [0.1, 0.15) is 11.0 Å². The molecule has 6 heteroatoms. The summed E-state index contributed by atoms with van der Waals surface area (Å²) >= 11 is 1.39. The van der Waals surface area contributed by atoms with Gasteiger partial charge in [-0.2, -0.15) is 0 Å². The topological polar surface area (TPSA) is 64.6 Å². The van der Waals surface area contributed by atoms with E-state index >= 15 is 0 Å². The first-order chi connectivity index (χ1) is 15.0. The van der Waals surface area contributed by atoms with E-state index < -0.39 is 23.2 Å². The molecule has 0 aromatic heterocycles. The van der Waals surface area contributed by atoms with Crippen LogP contribution in [0.5, 0.6) is 5.75 Å². The van der Waals surface area contributed by atoms with Crippen LogP contribution < -0.4 is 10.1 Å². The number of aryl methyl sites for hydroxylation is 1. The van der Waals surface area contributed by atoms with Crippen LogP contribution in [0.4, 0.5) is 5.69 Å². The first-order valence-corrected chi connectivity index (χ1v) is 10.8. The fourth-order valence-electron chi connectivity index (χ4n) is 2.98. The number of esters is 1. The molecule has 0 aliphatic rings. The van der Waals surface area contributed by atoms with Crippen LogP contribution in [0.15, 0.2) is 83.8 Å². The fourth-order valence-corrected chi connectivity index (χ4v) is 3.86. The number of amides is 1. The Labute approximate surface area is 186 Å². The predicted molar refractivity (Wildman–Crippen MR) is 123 cm³/mol. The number of rotatable bonds is 8. The zero-order valence-corrected chi connectivity index (χ0v) is 18.5. The quantitative estimate of drug-likeness (QED) is 0.379. The van der Waals surface area contributed by atoms with Gasteiger partial charge < -0.3 is 14.8 Å². The molecule has 1 N–H and O–H groups in total. The largest absolute Gasteiger partial charge is 0.495 e. The molecule has 2 unspecified atom stereocenters. The van der Waals surface area contributed by atoms with E-state index in [0.717, 1.165) is 10.5 Å². The van der Waals surface area contributed by atoms with Crippen LogP contribution in [0.3, 0.4) is 0 Å². The normalized spacial score (nSPS) is 12.5. The van der Waals surface area contributed by atoms with Crippen molar-refractivity contribution in [1.29, 1.82) is 0 Å². The van der Waals surface area contributed by atoms with Crippen LogP contribution >= 0.6 is 11.8 Å². The molecular formula is C25H25NO4S. The van der Waals surface area contributed by atoms with Crippen molar-refractivity contribution in [3.05, 3.63) is 90.0 Å². The Bertz CT molecular complexity index is 1020. The van der Waals surface area contributed by atoms with Gasteiger partial charge in [0, 0.05) is 10.5 Å². The van der Waals surface area contributed by atoms with E-state index in [0.29, 0.717) is 17.0 Å². The molecule has 0 spiro atoms. The zero-order chi connectivity index (χ0) is 22.2. The molecule has 0 aliphatic heterocycles. The average Bonchev–Trinajstić information content (AvgIpc) is 2.78. The van der Waals surface area contributed by atoms with Gasteiger partial charge in [0.2, 0.25) is 6.10 Å². The van der Waals surface area contributed by atoms with Crippen molar-refractivity contribution in [2.24, 2.45) is 0 Å². The summed E-state index contributed by atoms with van der Waals surface area (Å²) in [6.07, 6.45) is -1.09. The van der Waals surface area contributed by atoms with Crippen LogP contribution in [0.25, 0.3) is 0 Å². The van der Waals surface area contributed by atoms with E-state index in [1.165, 1.54) is 18.9 Å². The van der Waals surface area contributed by atoms with Gasteiger partial charge in [-0.15, -0.1) is 11.8 Å². The van der Waals surface area contributed by atoms with Crippen molar-refractivity contribution in [3.8, 4) is 5.75 Å². The summed E-state index contributed by atoms with van der Waals surface area (Å²) in [5.41, 5.74) is 2.09. The molecule has 0 aliphatic carbocycles. The maximum atomic E-state index is 13.2. The van der Waals surface area contributed by atoms with E-state index in [-0.39, 0.29) is 0 Å². The highest BCUT2D eigenvalue weighted by Crippen LogP contribution is 2.29. The van der Waals surface area contributed by atoms with Crippen molar-refractivity contribution in [2.75, 3.05) is 12.4 Å². The SMILES string of the molecule is COc1ccc(C)cc1NC(=O)C(OC(=O)C(C)Sc1ccccc1)c1ccccc1. The molecule has 3 aromatic carbocycles. The molecule has 0 bridgehead atoms. The molecule has 0 saturated heterocycles. The van der Waals surface area contributed by atoms with E-state index in [1.807, 2.05) is 55.5 Å². The lowest BCUT2D eigenvalue weighted by atomic mass is 10.1. The smallest absolute Gasteiger partial charge is 0.320 e. The van der Waals surface area contributed by atoms with Crippen molar-refractivity contribution in [2.45, 2.75) is 30.1 Å². The van der Waals surface area contributed by atoms with Gasteiger partial charge >= 0.3 is 5.97 Å². The second-order valence-corrected chi connectivity index (χ2v) is 8.41. The zero-order valence-electron chi connectivity index (χ0n) is 17.7. The average molecular weight is 436 g/mol. The van der Waals surface area contributed by atoms with Crippen molar-refractivity contribution >= 4 is 29.3 Å². The van der Waals surface area contributed by atoms with Gasteiger partial charge in [-0.25, -0.2) is 0 Å². The molecule has 0 heterocycles. The number of thioether (sulfide) groups is 1. The summed E-state index contributed by atoms with van der Waals surface area (Å²) in [6.45, 7) is 3.69. The van der Waals surface area contributed by atoms with E-state index in [2.05, 4.69) is 5.32 Å².